The molecule has 0 bridgehead atoms. The fourth-order valence-electron chi connectivity index (χ4n) is 2.88. The molecule has 2 aromatic carbocycles. The summed E-state index contributed by atoms with van der Waals surface area (Å²) in [7, 11) is 0. The van der Waals surface area contributed by atoms with Crippen molar-refractivity contribution in [2.24, 2.45) is 0 Å². The molecule has 132 valence electrons. The molecule has 2 aromatic rings. The summed E-state index contributed by atoms with van der Waals surface area (Å²) in [5.74, 6) is -0.872. The van der Waals surface area contributed by atoms with Crippen molar-refractivity contribution >= 4 is 28.9 Å². The van der Waals surface area contributed by atoms with E-state index in [0.29, 0.717) is 41.7 Å². The van der Waals surface area contributed by atoms with Crippen molar-refractivity contribution in [1.29, 1.82) is 0 Å². The van der Waals surface area contributed by atoms with Gasteiger partial charge in [0, 0.05) is 34.5 Å². The molecule has 1 aliphatic rings. The van der Waals surface area contributed by atoms with Gasteiger partial charge < -0.3 is 9.47 Å². The predicted molar refractivity (Wildman–Crippen MR) is 91.9 cm³/mol. The molecule has 1 heterocycles. The smallest absolute Gasteiger partial charge is 0.272 e. The molecule has 1 saturated heterocycles. The van der Waals surface area contributed by atoms with Gasteiger partial charge in [0.1, 0.15) is 5.60 Å². The Morgan fingerprint density at radius 2 is 1.88 bits per heavy atom. The maximum Gasteiger partial charge on any atom is 0.272 e. The van der Waals surface area contributed by atoms with Gasteiger partial charge in [0.25, 0.3) is 5.69 Å². The van der Waals surface area contributed by atoms with Crippen molar-refractivity contribution < 1.29 is 18.8 Å². The first-order valence-corrected chi connectivity index (χ1v) is 8.33. The van der Waals surface area contributed by atoms with E-state index in [1.54, 1.807) is 18.2 Å². The SMILES string of the molecule is O=[N+]([O-])c1ccc(OC2(c3ccc(Cl)cc3Cl)CCOCC2)c(F)c1. The number of ether oxygens (including phenoxy) is 2. The van der Waals surface area contributed by atoms with Crippen LogP contribution in [0.4, 0.5) is 10.1 Å². The molecular formula is C17H14Cl2FNO4. The summed E-state index contributed by atoms with van der Waals surface area (Å²) in [6.07, 6.45) is 0.926. The standard InChI is InChI=1S/C17H14Cl2FNO4/c18-11-1-3-13(14(19)9-11)17(5-7-24-8-6-17)25-16-4-2-12(21(22)23)10-15(16)20/h1-4,9-10H,5-8H2. The van der Waals surface area contributed by atoms with Crippen LogP contribution in [0.2, 0.25) is 10.0 Å². The third kappa shape index (κ3) is 3.71. The van der Waals surface area contributed by atoms with Crippen LogP contribution >= 0.6 is 23.2 Å². The highest BCUT2D eigenvalue weighted by molar-refractivity contribution is 6.35. The van der Waals surface area contributed by atoms with Crippen LogP contribution in [0.15, 0.2) is 36.4 Å². The lowest BCUT2D eigenvalue weighted by atomic mass is 9.86. The van der Waals surface area contributed by atoms with Crippen LogP contribution < -0.4 is 4.74 Å². The van der Waals surface area contributed by atoms with E-state index >= 15 is 0 Å². The van der Waals surface area contributed by atoms with E-state index in [1.165, 1.54) is 12.1 Å². The monoisotopic (exact) mass is 385 g/mol. The Morgan fingerprint density at radius 3 is 2.48 bits per heavy atom. The average Bonchev–Trinajstić information content (AvgIpc) is 2.57. The molecule has 0 amide bonds. The molecule has 0 atom stereocenters. The van der Waals surface area contributed by atoms with Crippen molar-refractivity contribution in [1.82, 2.24) is 0 Å². The van der Waals surface area contributed by atoms with Crippen molar-refractivity contribution in [3.63, 3.8) is 0 Å². The summed E-state index contributed by atoms with van der Waals surface area (Å²) >= 11 is 12.3. The van der Waals surface area contributed by atoms with Gasteiger partial charge in [-0.25, -0.2) is 4.39 Å². The van der Waals surface area contributed by atoms with E-state index in [1.807, 2.05) is 0 Å². The number of nitro benzene ring substituents is 1. The molecule has 1 aliphatic heterocycles. The summed E-state index contributed by atoms with van der Waals surface area (Å²) in [5.41, 5.74) is -0.549. The minimum atomic E-state index is -0.892. The number of rotatable bonds is 4. The zero-order valence-electron chi connectivity index (χ0n) is 13.0. The summed E-state index contributed by atoms with van der Waals surface area (Å²) in [5, 5.41) is 11.7. The molecule has 0 aromatic heterocycles. The first-order valence-electron chi connectivity index (χ1n) is 7.57. The Kier molecular flexibility index (Phi) is 5.13. The molecule has 0 radical (unpaired) electrons. The van der Waals surface area contributed by atoms with Gasteiger partial charge in [0.15, 0.2) is 11.6 Å². The molecule has 1 fully saturated rings. The van der Waals surface area contributed by atoms with Gasteiger partial charge in [0.2, 0.25) is 0 Å². The van der Waals surface area contributed by atoms with Crippen molar-refractivity contribution in [2.75, 3.05) is 13.2 Å². The number of hydrogen-bond donors (Lipinski definition) is 0. The molecule has 0 saturated carbocycles. The fraction of sp³-hybridized carbons (Fsp3) is 0.294. The second-order valence-electron chi connectivity index (χ2n) is 5.70. The van der Waals surface area contributed by atoms with E-state index < -0.39 is 16.3 Å². The molecular weight excluding hydrogens is 372 g/mol. The minimum absolute atomic E-state index is 0.0708. The topological polar surface area (TPSA) is 61.6 Å². The number of nitrogens with zero attached hydrogens (tertiary/aromatic N) is 1. The van der Waals surface area contributed by atoms with Crippen LogP contribution in [0.3, 0.4) is 0 Å². The van der Waals surface area contributed by atoms with E-state index in [0.717, 1.165) is 6.07 Å². The zero-order valence-corrected chi connectivity index (χ0v) is 14.5. The second kappa shape index (κ2) is 7.15. The maximum atomic E-state index is 14.3. The zero-order chi connectivity index (χ0) is 18.0. The first kappa shape index (κ1) is 17.9. The highest BCUT2D eigenvalue weighted by Crippen LogP contribution is 2.42. The Hall–Kier alpha value is -1.89. The van der Waals surface area contributed by atoms with Gasteiger partial charge in [-0.1, -0.05) is 29.3 Å². The predicted octanol–water partition coefficient (Wildman–Crippen LogP) is 5.13. The summed E-state index contributed by atoms with van der Waals surface area (Å²) in [4.78, 5) is 10.1. The Bertz CT molecular complexity index is 809. The van der Waals surface area contributed by atoms with Gasteiger partial charge in [0.05, 0.1) is 24.2 Å². The summed E-state index contributed by atoms with van der Waals surface area (Å²) in [6, 6.07) is 8.34. The van der Waals surface area contributed by atoms with Crippen LogP contribution in [-0.4, -0.2) is 18.1 Å². The van der Waals surface area contributed by atoms with E-state index in [-0.39, 0.29) is 11.4 Å². The van der Waals surface area contributed by atoms with Gasteiger partial charge >= 0.3 is 0 Å². The first-order chi connectivity index (χ1) is 11.9. The lowest BCUT2D eigenvalue weighted by Crippen LogP contribution is -2.39. The minimum Gasteiger partial charge on any atom is -0.479 e. The maximum absolute atomic E-state index is 14.3. The quantitative estimate of drug-likeness (QED) is 0.540. The Labute approximate surface area is 153 Å². The van der Waals surface area contributed by atoms with Crippen LogP contribution in [-0.2, 0) is 10.3 Å². The molecule has 3 rings (SSSR count). The van der Waals surface area contributed by atoms with Crippen LogP contribution in [0.1, 0.15) is 18.4 Å². The molecule has 0 N–H and O–H groups in total. The number of non-ortho nitro benzene ring substituents is 1. The number of hydrogen-bond acceptors (Lipinski definition) is 4. The Morgan fingerprint density at radius 1 is 1.16 bits per heavy atom. The molecule has 0 spiro atoms. The van der Waals surface area contributed by atoms with Crippen LogP contribution in [0.25, 0.3) is 0 Å². The number of nitro groups is 1. The molecule has 0 aliphatic carbocycles. The summed E-state index contributed by atoms with van der Waals surface area (Å²) in [6.45, 7) is 0.848. The molecule has 5 nitrogen and oxygen atoms in total. The molecule has 25 heavy (non-hydrogen) atoms. The van der Waals surface area contributed by atoms with E-state index in [4.69, 9.17) is 32.7 Å². The lowest BCUT2D eigenvalue weighted by Gasteiger charge is -2.38. The van der Waals surface area contributed by atoms with Gasteiger partial charge in [-0.15, -0.1) is 0 Å². The highest BCUT2D eigenvalue weighted by Gasteiger charge is 2.39. The van der Waals surface area contributed by atoms with Gasteiger partial charge in [-0.3, -0.25) is 10.1 Å². The number of benzene rings is 2. The average molecular weight is 386 g/mol. The Balaban J connectivity index is 2.01. The van der Waals surface area contributed by atoms with Crippen molar-refractivity contribution in [2.45, 2.75) is 18.4 Å². The number of halogens is 3. The van der Waals surface area contributed by atoms with Gasteiger partial charge in [-0.05, 0) is 18.2 Å². The second-order valence-corrected chi connectivity index (χ2v) is 6.55. The van der Waals surface area contributed by atoms with Crippen LogP contribution in [0, 0.1) is 15.9 Å². The molecule has 8 heteroatoms. The lowest BCUT2D eigenvalue weighted by molar-refractivity contribution is -0.385. The highest BCUT2D eigenvalue weighted by atomic mass is 35.5. The van der Waals surface area contributed by atoms with Crippen molar-refractivity contribution in [3.05, 3.63) is 67.9 Å². The van der Waals surface area contributed by atoms with Gasteiger partial charge in [-0.2, -0.15) is 0 Å². The van der Waals surface area contributed by atoms with Crippen LogP contribution in [0.5, 0.6) is 5.75 Å². The van der Waals surface area contributed by atoms with Crippen molar-refractivity contribution in [3.8, 4) is 5.75 Å². The third-order valence-corrected chi connectivity index (χ3v) is 4.70. The van der Waals surface area contributed by atoms with E-state index in [9.17, 15) is 14.5 Å². The summed E-state index contributed by atoms with van der Waals surface area (Å²) < 4.78 is 25.7. The molecule has 0 unspecified atom stereocenters. The largest absolute Gasteiger partial charge is 0.479 e. The third-order valence-electron chi connectivity index (χ3n) is 4.15. The fourth-order valence-corrected chi connectivity index (χ4v) is 3.46. The van der Waals surface area contributed by atoms with E-state index in [2.05, 4.69) is 0 Å². The normalized spacial score (nSPS) is 16.4.